The number of nitrogens with two attached hydrogens (primary N) is 1. The second kappa shape index (κ2) is 8.84. The van der Waals surface area contributed by atoms with Crippen LogP contribution in [0.3, 0.4) is 0 Å². The molecular formula is C25H20N4O. The molecule has 0 aliphatic rings. The molecule has 0 atom stereocenters. The van der Waals surface area contributed by atoms with Gasteiger partial charge in [-0.15, -0.1) is 0 Å². The molecule has 3 N–H and O–H groups in total. The Morgan fingerprint density at radius 3 is 2.20 bits per heavy atom. The lowest BCUT2D eigenvalue weighted by Gasteiger charge is -2.02. The number of aliphatic imine (C=N–C) groups is 1. The van der Waals surface area contributed by atoms with Crippen molar-refractivity contribution >= 4 is 40.5 Å². The summed E-state index contributed by atoms with van der Waals surface area (Å²) < 4.78 is 0. The second-order valence-electron chi connectivity index (χ2n) is 6.74. The highest BCUT2D eigenvalue weighted by Crippen LogP contribution is 2.25. The summed E-state index contributed by atoms with van der Waals surface area (Å²) in [6, 6.07) is 28.7. The van der Waals surface area contributed by atoms with Gasteiger partial charge in [0.1, 0.15) is 0 Å². The highest BCUT2D eigenvalue weighted by molar-refractivity contribution is 5.96. The van der Waals surface area contributed by atoms with E-state index in [9.17, 15) is 4.79 Å². The number of hydrogen-bond acceptors (Lipinski definition) is 4. The number of rotatable bonds is 5. The summed E-state index contributed by atoms with van der Waals surface area (Å²) in [4.78, 5) is 16.7. The first kappa shape index (κ1) is 19.1. The highest BCUT2D eigenvalue weighted by atomic mass is 16.2. The Kier molecular flexibility index (Phi) is 5.62. The average Bonchev–Trinajstić information content (AvgIpc) is 2.79. The summed E-state index contributed by atoms with van der Waals surface area (Å²) in [5.41, 5.74) is 12.0. The van der Waals surface area contributed by atoms with Crippen LogP contribution in [0, 0.1) is 0 Å². The Morgan fingerprint density at radius 1 is 0.767 bits per heavy atom. The second-order valence-corrected chi connectivity index (χ2v) is 6.74. The van der Waals surface area contributed by atoms with E-state index in [0.717, 1.165) is 22.2 Å². The molecule has 5 nitrogen and oxygen atoms in total. The molecule has 146 valence electrons. The third-order valence-corrected chi connectivity index (χ3v) is 4.61. The van der Waals surface area contributed by atoms with Gasteiger partial charge in [0, 0.05) is 22.9 Å². The lowest BCUT2D eigenvalue weighted by Crippen LogP contribution is -2.17. The standard InChI is InChI=1S/C25H20N4O/c26-22-14-12-21(13-15-22)25(30)29-28-17-19-10-8-18(9-11-19)16-27-24-7-3-5-20-4-1-2-6-23(20)24/h1-17H,26H2,(H,29,30). The topological polar surface area (TPSA) is 79.8 Å². The molecule has 1 amide bonds. The molecule has 0 heterocycles. The van der Waals surface area contributed by atoms with E-state index in [1.54, 1.807) is 30.5 Å². The Hall–Kier alpha value is -4.25. The number of nitrogens with one attached hydrogen (secondary N) is 1. The molecule has 4 rings (SSSR count). The first-order valence-electron chi connectivity index (χ1n) is 9.50. The average molecular weight is 392 g/mol. The molecule has 0 aliphatic heterocycles. The van der Waals surface area contributed by atoms with E-state index in [4.69, 9.17) is 5.73 Å². The maximum atomic E-state index is 12.0. The maximum absolute atomic E-state index is 12.0. The van der Waals surface area contributed by atoms with Crippen molar-refractivity contribution < 1.29 is 4.79 Å². The van der Waals surface area contributed by atoms with Crippen molar-refractivity contribution in [2.45, 2.75) is 0 Å². The summed E-state index contributed by atoms with van der Waals surface area (Å²) in [6.45, 7) is 0. The van der Waals surface area contributed by atoms with Gasteiger partial charge in [0.05, 0.1) is 11.9 Å². The number of fused-ring (bicyclic) bond motifs is 1. The largest absolute Gasteiger partial charge is 0.399 e. The number of hydrazone groups is 1. The molecular weight excluding hydrogens is 372 g/mol. The molecule has 4 aromatic carbocycles. The zero-order valence-electron chi connectivity index (χ0n) is 16.2. The van der Waals surface area contributed by atoms with E-state index in [2.05, 4.69) is 33.7 Å². The number of hydrogen-bond donors (Lipinski definition) is 2. The number of anilines is 1. The van der Waals surface area contributed by atoms with Gasteiger partial charge in [0.2, 0.25) is 0 Å². The van der Waals surface area contributed by atoms with Crippen LogP contribution in [0.1, 0.15) is 21.5 Å². The molecule has 5 heteroatoms. The van der Waals surface area contributed by atoms with Crippen molar-refractivity contribution in [2.24, 2.45) is 10.1 Å². The van der Waals surface area contributed by atoms with Gasteiger partial charge >= 0.3 is 0 Å². The summed E-state index contributed by atoms with van der Waals surface area (Å²) in [7, 11) is 0. The van der Waals surface area contributed by atoms with Gasteiger partial charge in [0.25, 0.3) is 5.91 Å². The fraction of sp³-hybridized carbons (Fsp3) is 0. The van der Waals surface area contributed by atoms with Crippen molar-refractivity contribution in [1.82, 2.24) is 5.43 Å². The quantitative estimate of drug-likeness (QED) is 0.287. The predicted molar refractivity (Wildman–Crippen MR) is 124 cm³/mol. The van der Waals surface area contributed by atoms with E-state index in [-0.39, 0.29) is 5.91 Å². The molecule has 0 aliphatic carbocycles. The van der Waals surface area contributed by atoms with Crippen LogP contribution < -0.4 is 11.2 Å². The summed E-state index contributed by atoms with van der Waals surface area (Å²) in [5.74, 6) is -0.287. The van der Waals surface area contributed by atoms with Gasteiger partial charge in [-0.05, 0) is 46.8 Å². The SMILES string of the molecule is Nc1ccc(C(=O)NN=Cc2ccc(C=Nc3cccc4ccccc34)cc2)cc1. The minimum Gasteiger partial charge on any atom is -0.399 e. The van der Waals surface area contributed by atoms with E-state index in [1.807, 2.05) is 54.7 Å². The van der Waals surface area contributed by atoms with Crippen molar-refractivity contribution in [3.05, 3.63) is 108 Å². The van der Waals surface area contributed by atoms with Crippen LogP contribution in [0.15, 0.2) is 101 Å². The van der Waals surface area contributed by atoms with Crippen LogP contribution >= 0.6 is 0 Å². The fourth-order valence-corrected chi connectivity index (χ4v) is 3.00. The van der Waals surface area contributed by atoms with E-state index >= 15 is 0 Å². The zero-order valence-corrected chi connectivity index (χ0v) is 16.2. The van der Waals surface area contributed by atoms with Crippen LogP contribution in [-0.2, 0) is 0 Å². The van der Waals surface area contributed by atoms with Crippen molar-refractivity contribution in [2.75, 3.05) is 5.73 Å². The monoisotopic (exact) mass is 392 g/mol. The van der Waals surface area contributed by atoms with Crippen LogP contribution in [-0.4, -0.2) is 18.3 Å². The Labute approximate surface area is 174 Å². The molecule has 0 saturated carbocycles. The Bertz CT molecular complexity index is 1220. The smallest absolute Gasteiger partial charge is 0.271 e. The lowest BCUT2D eigenvalue weighted by molar-refractivity contribution is 0.0955. The fourth-order valence-electron chi connectivity index (χ4n) is 3.00. The van der Waals surface area contributed by atoms with Gasteiger partial charge in [-0.2, -0.15) is 5.10 Å². The zero-order chi connectivity index (χ0) is 20.8. The lowest BCUT2D eigenvalue weighted by atomic mass is 10.1. The number of nitrogen functional groups attached to an aromatic ring is 1. The summed E-state index contributed by atoms with van der Waals surface area (Å²) in [5, 5.41) is 6.30. The van der Waals surface area contributed by atoms with Crippen molar-refractivity contribution in [3.8, 4) is 0 Å². The molecule has 0 bridgehead atoms. The normalized spacial score (nSPS) is 11.3. The third-order valence-electron chi connectivity index (χ3n) is 4.61. The molecule has 30 heavy (non-hydrogen) atoms. The maximum Gasteiger partial charge on any atom is 0.271 e. The van der Waals surface area contributed by atoms with Crippen LogP contribution in [0.25, 0.3) is 10.8 Å². The van der Waals surface area contributed by atoms with Gasteiger partial charge in [0.15, 0.2) is 0 Å². The minimum absolute atomic E-state index is 0.287. The van der Waals surface area contributed by atoms with Crippen molar-refractivity contribution in [1.29, 1.82) is 0 Å². The molecule has 0 fully saturated rings. The van der Waals surface area contributed by atoms with E-state index < -0.39 is 0 Å². The van der Waals surface area contributed by atoms with E-state index in [0.29, 0.717) is 11.3 Å². The predicted octanol–water partition coefficient (Wildman–Crippen LogP) is 4.94. The number of nitrogens with zero attached hydrogens (tertiary/aromatic N) is 2. The Morgan fingerprint density at radius 2 is 1.43 bits per heavy atom. The summed E-state index contributed by atoms with van der Waals surface area (Å²) in [6.07, 6.45) is 3.44. The minimum atomic E-state index is -0.287. The number of amides is 1. The molecule has 0 radical (unpaired) electrons. The van der Waals surface area contributed by atoms with Crippen molar-refractivity contribution in [3.63, 3.8) is 0 Å². The van der Waals surface area contributed by atoms with Crippen LogP contribution in [0.5, 0.6) is 0 Å². The van der Waals surface area contributed by atoms with Gasteiger partial charge in [-0.1, -0.05) is 60.7 Å². The molecule has 0 saturated heterocycles. The van der Waals surface area contributed by atoms with Gasteiger partial charge in [-0.3, -0.25) is 9.79 Å². The number of carbonyl (C=O) groups is 1. The molecule has 0 aromatic heterocycles. The van der Waals surface area contributed by atoms with Gasteiger partial charge < -0.3 is 5.73 Å². The van der Waals surface area contributed by atoms with Crippen LogP contribution in [0.4, 0.5) is 11.4 Å². The highest BCUT2D eigenvalue weighted by Gasteiger charge is 2.02. The summed E-state index contributed by atoms with van der Waals surface area (Å²) >= 11 is 0. The first-order chi connectivity index (χ1) is 14.7. The number of benzene rings is 4. The Balaban J connectivity index is 1.40. The molecule has 0 spiro atoms. The molecule has 0 unspecified atom stereocenters. The third kappa shape index (κ3) is 4.59. The first-order valence-corrected chi connectivity index (χ1v) is 9.50. The molecule has 4 aromatic rings. The van der Waals surface area contributed by atoms with E-state index in [1.165, 1.54) is 5.39 Å². The van der Waals surface area contributed by atoms with Gasteiger partial charge in [-0.25, -0.2) is 5.43 Å². The number of carbonyl (C=O) groups excluding carboxylic acids is 1. The van der Waals surface area contributed by atoms with Crippen LogP contribution in [0.2, 0.25) is 0 Å².